The summed E-state index contributed by atoms with van der Waals surface area (Å²) in [4.78, 5) is 18.0. The minimum atomic E-state index is -3.44. The lowest BCUT2D eigenvalue weighted by molar-refractivity contribution is -0.118. The fourth-order valence-corrected chi connectivity index (χ4v) is 3.89. The highest BCUT2D eigenvalue weighted by molar-refractivity contribution is 8.00. The number of rotatable bonds is 7. The number of alkyl halides is 2. The summed E-state index contributed by atoms with van der Waals surface area (Å²) in [6.45, 7) is 2.12. The summed E-state index contributed by atoms with van der Waals surface area (Å²) in [6.07, 6.45) is 5.75. The summed E-state index contributed by atoms with van der Waals surface area (Å²) in [7, 11) is 0. The molecule has 0 aromatic carbocycles. The smallest absolute Gasteiger partial charge is 0.308 e. The van der Waals surface area contributed by atoms with Crippen LogP contribution in [0.4, 0.5) is 18.9 Å². The Morgan fingerprint density at radius 3 is 2.85 bits per heavy atom. The molecule has 2 heterocycles. The summed E-state index contributed by atoms with van der Waals surface area (Å²) < 4.78 is 40.7. The van der Waals surface area contributed by atoms with Crippen molar-refractivity contribution in [1.82, 2.24) is 14.8 Å². The Labute approximate surface area is 163 Å². The van der Waals surface area contributed by atoms with Gasteiger partial charge in [-0.2, -0.15) is 13.9 Å². The molecule has 2 aromatic heterocycles. The molecule has 0 N–H and O–H groups in total. The Kier molecular flexibility index (Phi) is 5.81. The maximum absolute atomic E-state index is 13.2. The van der Waals surface area contributed by atoms with E-state index in [2.05, 4.69) is 10.1 Å². The number of carbonyl (C=O) groups excluding carboxylic acids is 1. The molecule has 1 aliphatic carbocycles. The Morgan fingerprint density at radius 2 is 2.26 bits per heavy atom. The first-order valence-corrected chi connectivity index (χ1v) is 9.60. The van der Waals surface area contributed by atoms with Crippen LogP contribution < -0.4 is 4.90 Å². The van der Waals surface area contributed by atoms with Crippen LogP contribution in [0.3, 0.4) is 0 Å². The van der Waals surface area contributed by atoms with Crippen molar-refractivity contribution in [2.45, 2.75) is 24.5 Å². The molecule has 0 spiro atoms. The Bertz CT molecular complexity index is 859. The number of anilines is 1. The molecule has 0 saturated carbocycles. The van der Waals surface area contributed by atoms with Gasteiger partial charge in [0.15, 0.2) is 11.0 Å². The zero-order valence-electron chi connectivity index (χ0n) is 14.3. The molecule has 0 saturated heterocycles. The monoisotopic (exact) mass is 416 g/mol. The highest BCUT2D eigenvalue weighted by atomic mass is 35.5. The highest BCUT2D eigenvalue weighted by Crippen LogP contribution is 2.45. The number of pyridine rings is 1. The third-order valence-electron chi connectivity index (χ3n) is 4.06. The third kappa shape index (κ3) is 3.98. The van der Waals surface area contributed by atoms with Gasteiger partial charge in [0.05, 0.1) is 23.3 Å². The molecule has 5 nitrogen and oxygen atoms in total. The van der Waals surface area contributed by atoms with Crippen LogP contribution in [-0.4, -0.2) is 44.1 Å². The van der Waals surface area contributed by atoms with E-state index < -0.39 is 17.0 Å². The van der Waals surface area contributed by atoms with Gasteiger partial charge in [0, 0.05) is 24.9 Å². The van der Waals surface area contributed by atoms with Gasteiger partial charge in [-0.1, -0.05) is 11.6 Å². The molecule has 1 aliphatic rings. The topological polar surface area (TPSA) is 51.0 Å². The van der Waals surface area contributed by atoms with Gasteiger partial charge in [0.2, 0.25) is 5.91 Å². The van der Waals surface area contributed by atoms with Gasteiger partial charge >= 0.3 is 5.92 Å². The number of allylic oxidation sites excluding steroid dienone is 1. The Morgan fingerprint density at radius 1 is 1.48 bits per heavy atom. The van der Waals surface area contributed by atoms with Crippen molar-refractivity contribution in [2.24, 2.45) is 0 Å². The second-order valence-corrected chi connectivity index (χ2v) is 7.39. The summed E-state index contributed by atoms with van der Waals surface area (Å²) in [5.41, 5.74) is 1.11. The molecule has 1 amide bonds. The van der Waals surface area contributed by atoms with Gasteiger partial charge in [0.1, 0.15) is 5.69 Å². The van der Waals surface area contributed by atoms with Gasteiger partial charge in [-0.15, -0.1) is 11.8 Å². The van der Waals surface area contributed by atoms with Crippen molar-refractivity contribution in [3.05, 3.63) is 47.8 Å². The second-order valence-electron chi connectivity index (χ2n) is 5.78. The number of hydrogen-bond acceptors (Lipinski definition) is 4. The van der Waals surface area contributed by atoms with Gasteiger partial charge in [0.25, 0.3) is 0 Å². The first-order valence-electron chi connectivity index (χ1n) is 8.17. The van der Waals surface area contributed by atoms with E-state index in [-0.39, 0.29) is 23.2 Å². The number of amides is 1. The molecule has 0 aliphatic heterocycles. The normalized spacial score (nSPS) is 18.0. The van der Waals surface area contributed by atoms with E-state index in [9.17, 15) is 18.0 Å². The lowest BCUT2D eigenvalue weighted by Crippen LogP contribution is -2.39. The van der Waals surface area contributed by atoms with Crippen LogP contribution in [0.1, 0.15) is 13.3 Å². The van der Waals surface area contributed by atoms with E-state index >= 15 is 0 Å². The zero-order valence-corrected chi connectivity index (χ0v) is 15.9. The molecule has 144 valence electrons. The molecule has 3 rings (SSSR count). The molecule has 1 unspecified atom stereocenters. The molecule has 0 bridgehead atoms. The zero-order chi connectivity index (χ0) is 19.6. The predicted octanol–water partition coefficient (Wildman–Crippen LogP) is 4.27. The molecule has 2 aromatic rings. The second kappa shape index (κ2) is 7.93. The molecular formula is C17H16ClF3N4OS. The number of aromatic nitrogens is 3. The SMILES string of the molecule is CCN(C(=O)CCSC1C=C(F)C1(F)F)c1cn(-c2cccnc2)nc1Cl. The van der Waals surface area contributed by atoms with Crippen molar-refractivity contribution >= 4 is 35.0 Å². The van der Waals surface area contributed by atoms with Crippen LogP contribution in [0.2, 0.25) is 5.15 Å². The fraction of sp³-hybridized carbons (Fsp3) is 0.353. The molecular weight excluding hydrogens is 401 g/mol. The quantitative estimate of drug-likeness (QED) is 0.676. The third-order valence-corrected chi connectivity index (χ3v) is 5.56. The maximum Gasteiger partial charge on any atom is 0.313 e. The van der Waals surface area contributed by atoms with Crippen LogP contribution in [-0.2, 0) is 4.79 Å². The van der Waals surface area contributed by atoms with Crippen LogP contribution in [0.15, 0.2) is 42.6 Å². The van der Waals surface area contributed by atoms with E-state index in [1.807, 2.05) is 0 Å². The van der Waals surface area contributed by atoms with Crippen molar-refractivity contribution < 1.29 is 18.0 Å². The van der Waals surface area contributed by atoms with Crippen molar-refractivity contribution in [3.8, 4) is 5.69 Å². The minimum Gasteiger partial charge on any atom is -0.308 e. The number of carbonyl (C=O) groups is 1. The summed E-state index contributed by atoms with van der Waals surface area (Å²) in [5.74, 6) is -4.97. The Balaban J connectivity index is 1.65. The summed E-state index contributed by atoms with van der Waals surface area (Å²) >= 11 is 7.04. The Hall–Kier alpha value is -2.00. The number of nitrogens with zero attached hydrogens (tertiary/aromatic N) is 4. The van der Waals surface area contributed by atoms with Crippen LogP contribution >= 0.6 is 23.4 Å². The van der Waals surface area contributed by atoms with Crippen molar-refractivity contribution in [1.29, 1.82) is 0 Å². The minimum absolute atomic E-state index is 0.0228. The maximum atomic E-state index is 13.2. The first-order chi connectivity index (χ1) is 12.8. The van der Waals surface area contributed by atoms with Gasteiger partial charge in [-0.3, -0.25) is 9.78 Å². The van der Waals surface area contributed by atoms with Crippen LogP contribution in [0.25, 0.3) is 5.69 Å². The standard InChI is InChI=1S/C17H16ClF3N4OS/c1-2-24(15(26)5-7-27-14-8-13(19)17(14,20)21)12-10-25(23-16(12)18)11-4-3-6-22-9-11/h3-4,6,8-10,14H,2,5,7H2,1H3. The summed E-state index contributed by atoms with van der Waals surface area (Å²) in [5, 5.41) is 3.11. The lowest BCUT2D eigenvalue weighted by Gasteiger charge is -2.30. The number of thioether (sulfide) groups is 1. The largest absolute Gasteiger partial charge is 0.313 e. The van der Waals surface area contributed by atoms with E-state index in [0.29, 0.717) is 17.9 Å². The van der Waals surface area contributed by atoms with Crippen LogP contribution in [0, 0.1) is 0 Å². The first kappa shape index (κ1) is 19.8. The lowest BCUT2D eigenvalue weighted by atomic mass is 10.0. The molecule has 1 atom stereocenters. The number of hydrogen-bond donors (Lipinski definition) is 0. The number of halogens is 4. The van der Waals surface area contributed by atoms with Gasteiger partial charge < -0.3 is 4.90 Å². The van der Waals surface area contributed by atoms with Gasteiger partial charge in [-0.25, -0.2) is 9.07 Å². The molecule has 27 heavy (non-hydrogen) atoms. The van der Waals surface area contributed by atoms with Gasteiger partial charge in [-0.05, 0) is 25.1 Å². The van der Waals surface area contributed by atoms with E-state index in [1.54, 1.807) is 37.6 Å². The average Bonchev–Trinajstić information content (AvgIpc) is 3.04. The molecule has 10 heteroatoms. The van der Waals surface area contributed by atoms with E-state index in [1.165, 1.54) is 9.58 Å². The highest BCUT2D eigenvalue weighted by Gasteiger charge is 2.51. The van der Waals surface area contributed by atoms with E-state index in [0.717, 1.165) is 17.8 Å². The average molecular weight is 417 g/mol. The van der Waals surface area contributed by atoms with Crippen molar-refractivity contribution in [2.75, 3.05) is 17.2 Å². The summed E-state index contributed by atoms with van der Waals surface area (Å²) in [6, 6.07) is 3.54. The van der Waals surface area contributed by atoms with E-state index in [4.69, 9.17) is 11.6 Å². The predicted molar refractivity (Wildman–Crippen MR) is 99.4 cm³/mol. The molecule has 0 fully saturated rings. The van der Waals surface area contributed by atoms with Crippen LogP contribution in [0.5, 0.6) is 0 Å². The van der Waals surface area contributed by atoms with Crippen molar-refractivity contribution in [3.63, 3.8) is 0 Å². The fourth-order valence-electron chi connectivity index (χ4n) is 2.58. The molecule has 0 radical (unpaired) electrons.